The normalized spacial score (nSPS) is 28.8. The van der Waals surface area contributed by atoms with Crippen molar-refractivity contribution in [3.05, 3.63) is 35.4 Å². The topological polar surface area (TPSA) is 90.5 Å². The van der Waals surface area contributed by atoms with Crippen LogP contribution in [-0.4, -0.2) is 53.8 Å². The molecule has 2 fully saturated rings. The van der Waals surface area contributed by atoms with E-state index < -0.39 is 12.1 Å². The Balaban J connectivity index is 1.47. The van der Waals surface area contributed by atoms with E-state index in [1.165, 1.54) is 11.1 Å². The van der Waals surface area contributed by atoms with E-state index in [0.717, 1.165) is 38.5 Å². The summed E-state index contributed by atoms with van der Waals surface area (Å²) in [5.74, 6) is -0.354. The molecule has 3 aliphatic rings. The molecule has 0 spiro atoms. The zero-order valence-electron chi connectivity index (χ0n) is 18.5. The maximum absolute atomic E-state index is 13.4. The lowest BCUT2D eigenvalue weighted by Gasteiger charge is -2.33. The van der Waals surface area contributed by atoms with Gasteiger partial charge in [-0.25, -0.2) is 0 Å². The average molecular weight is 427 g/mol. The molecule has 7 heteroatoms. The molecular weight excluding hydrogens is 392 g/mol. The zero-order chi connectivity index (χ0) is 22.0. The molecule has 4 rings (SSSR count). The van der Waals surface area contributed by atoms with E-state index in [1.807, 2.05) is 12.1 Å². The minimum Gasteiger partial charge on any atom is -0.347 e. The SMILES string of the molecule is CN[C@@H](C)C(=O)N[C@H]1CCC[C@@H]2CCC(C(=O)N[C@@H]3CCCc4ccccc43)N2C1=O. The number of carbonyl (C=O) groups excluding carboxylic acids is 3. The maximum Gasteiger partial charge on any atom is 0.246 e. The van der Waals surface area contributed by atoms with Crippen LogP contribution >= 0.6 is 0 Å². The lowest BCUT2D eigenvalue weighted by atomic mass is 9.87. The van der Waals surface area contributed by atoms with Crippen LogP contribution in [0.2, 0.25) is 0 Å². The second kappa shape index (κ2) is 9.39. The molecule has 1 aliphatic carbocycles. The summed E-state index contributed by atoms with van der Waals surface area (Å²) < 4.78 is 0. The molecule has 3 amide bonds. The lowest BCUT2D eigenvalue weighted by molar-refractivity contribution is -0.143. The summed E-state index contributed by atoms with van der Waals surface area (Å²) in [6, 6.07) is 7.02. The second-order valence-electron chi connectivity index (χ2n) is 9.15. The molecule has 3 N–H and O–H groups in total. The van der Waals surface area contributed by atoms with E-state index in [4.69, 9.17) is 0 Å². The molecule has 0 radical (unpaired) electrons. The summed E-state index contributed by atoms with van der Waals surface area (Å²) in [7, 11) is 1.72. The minimum atomic E-state index is -0.558. The van der Waals surface area contributed by atoms with E-state index in [2.05, 4.69) is 28.1 Å². The summed E-state index contributed by atoms with van der Waals surface area (Å²) in [6.07, 6.45) is 6.93. The molecule has 2 aliphatic heterocycles. The van der Waals surface area contributed by atoms with Gasteiger partial charge in [-0.1, -0.05) is 24.3 Å². The standard InChI is InChI=1S/C24H34N4O3/c1-15(25-2)22(29)27-20-12-6-9-17-13-14-21(28(17)24(20)31)23(30)26-19-11-5-8-16-7-3-4-10-18(16)19/h3-4,7,10,15,17,19-21,25H,5-6,8-9,11-14H2,1-2H3,(H,26,30)(H,27,29)/t15-,17+,19+,20-,21?/m0/s1. The Labute approximate surface area is 184 Å². The number of amides is 3. The average Bonchev–Trinajstić information content (AvgIpc) is 3.15. The van der Waals surface area contributed by atoms with E-state index in [-0.39, 0.29) is 35.8 Å². The molecule has 1 aromatic rings. The van der Waals surface area contributed by atoms with Crippen molar-refractivity contribution in [1.29, 1.82) is 0 Å². The van der Waals surface area contributed by atoms with Crippen molar-refractivity contribution in [2.24, 2.45) is 0 Å². The molecule has 31 heavy (non-hydrogen) atoms. The Morgan fingerprint density at radius 1 is 1.00 bits per heavy atom. The Morgan fingerprint density at radius 3 is 2.58 bits per heavy atom. The van der Waals surface area contributed by atoms with Crippen LogP contribution in [0.1, 0.15) is 69.0 Å². The highest BCUT2D eigenvalue weighted by Gasteiger charge is 2.45. The molecule has 2 heterocycles. The van der Waals surface area contributed by atoms with Gasteiger partial charge in [-0.15, -0.1) is 0 Å². The fourth-order valence-electron chi connectivity index (χ4n) is 5.35. The monoisotopic (exact) mass is 426 g/mol. The van der Waals surface area contributed by atoms with Crippen molar-refractivity contribution in [3.63, 3.8) is 0 Å². The number of carbonyl (C=O) groups is 3. The molecule has 5 atom stereocenters. The van der Waals surface area contributed by atoms with Gasteiger partial charge < -0.3 is 20.9 Å². The number of aryl methyl sites for hydroxylation is 1. The third-order valence-electron chi connectivity index (χ3n) is 7.22. The number of fused-ring (bicyclic) bond motifs is 2. The number of hydrogen-bond acceptors (Lipinski definition) is 4. The summed E-state index contributed by atoms with van der Waals surface area (Å²) in [5.41, 5.74) is 2.50. The van der Waals surface area contributed by atoms with Crippen LogP contribution < -0.4 is 16.0 Å². The van der Waals surface area contributed by atoms with Gasteiger partial charge in [0.2, 0.25) is 17.7 Å². The van der Waals surface area contributed by atoms with Crippen molar-refractivity contribution in [2.45, 2.75) is 88.5 Å². The number of benzene rings is 1. The summed E-state index contributed by atoms with van der Waals surface area (Å²) in [6.45, 7) is 1.77. The van der Waals surface area contributed by atoms with Crippen LogP contribution in [0.5, 0.6) is 0 Å². The Kier molecular flexibility index (Phi) is 6.60. The number of nitrogens with zero attached hydrogens (tertiary/aromatic N) is 1. The van der Waals surface area contributed by atoms with Crippen LogP contribution in [0.3, 0.4) is 0 Å². The molecule has 1 unspecified atom stereocenters. The molecule has 168 valence electrons. The number of rotatable bonds is 5. The second-order valence-corrected chi connectivity index (χ2v) is 9.15. The van der Waals surface area contributed by atoms with E-state index in [1.54, 1.807) is 18.9 Å². The maximum atomic E-state index is 13.4. The molecule has 0 saturated carbocycles. The fraction of sp³-hybridized carbons (Fsp3) is 0.625. The first-order chi connectivity index (χ1) is 15.0. The highest BCUT2D eigenvalue weighted by atomic mass is 16.2. The van der Waals surface area contributed by atoms with E-state index in [9.17, 15) is 14.4 Å². The quantitative estimate of drug-likeness (QED) is 0.670. The molecule has 2 saturated heterocycles. The van der Waals surface area contributed by atoms with Crippen molar-refractivity contribution in [1.82, 2.24) is 20.9 Å². The number of likely N-dealkylation sites (N-methyl/N-ethyl adjacent to an activating group) is 1. The van der Waals surface area contributed by atoms with Gasteiger partial charge in [0.25, 0.3) is 0 Å². The first kappa shape index (κ1) is 21.8. The summed E-state index contributed by atoms with van der Waals surface area (Å²) in [4.78, 5) is 40.9. The zero-order valence-corrected chi connectivity index (χ0v) is 18.5. The lowest BCUT2D eigenvalue weighted by Crippen LogP contribution is -2.56. The van der Waals surface area contributed by atoms with Gasteiger partial charge in [-0.2, -0.15) is 0 Å². The summed E-state index contributed by atoms with van der Waals surface area (Å²) >= 11 is 0. The fourth-order valence-corrected chi connectivity index (χ4v) is 5.35. The summed E-state index contributed by atoms with van der Waals surface area (Å²) in [5, 5.41) is 9.06. The Morgan fingerprint density at radius 2 is 1.77 bits per heavy atom. The van der Waals surface area contributed by atoms with Crippen LogP contribution in [0.15, 0.2) is 24.3 Å². The first-order valence-corrected chi connectivity index (χ1v) is 11.7. The molecule has 0 aromatic heterocycles. The minimum absolute atomic E-state index is 0.00515. The van der Waals surface area contributed by atoms with Gasteiger partial charge >= 0.3 is 0 Å². The Bertz CT molecular complexity index is 842. The predicted octanol–water partition coefficient (Wildman–Crippen LogP) is 1.82. The number of nitrogens with one attached hydrogen (secondary N) is 3. The van der Waals surface area contributed by atoms with Crippen molar-refractivity contribution in [2.75, 3.05) is 7.05 Å². The van der Waals surface area contributed by atoms with Gasteiger partial charge in [-0.05, 0) is 76.5 Å². The number of hydrogen-bond donors (Lipinski definition) is 3. The van der Waals surface area contributed by atoms with Gasteiger partial charge in [0.1, 0.15) is 12.1 Å². The first-order valence-electron chi connectivity index (χ1n) is 11.7. The molecule has 0 bridgehead atoms. The van der Waals surface area contributed by atoms with Crippen LogP contribution in [-0.2, 0) is 20.8 Å². The van der Waals surface area contributed by atoms with Crippen molar-refractivity contribution >= 4 is 17.7 Å². The van der Waals surface area contributed by atoms with Crippen molar-refractivity contribution in [3.8, 4) is 0 Å². The molecule has 1 aromatic carbocycles. The van der Waals surface area contributed by atoms with Crippen LogP contribution in [0, 0.1) is 0 Å². The van der Waals surface area contributed by atoms with Gasteiger partial charge in [0.05, 0.1) is 12.1 Å². The molecular formula is C24H34N4O3. The highest BCUT2D eigenvalue weighted by molar-refractivity contribution is 5.94. The largest absolute Gasteiger partial charge is 0.347 e. The van der Waals surface area contributed by atoms with E-state index >= 15 is 0 Å². The Hall–Kier alpha value is -2.41. The van der Waals surface area contributed by atoms with E-state index in [0.29, 0.717) is 12.8 Å². The van der Waals surface area contributed by atoms with Gasteiger partial charge in [-0.3, -0.25) is 14.4 Å². The van der Waals surface area contributed by atoms with Gasteiger partial charge in [0, 0.05) is 6.04 Å². The van der Waals surface area contributed by atoms with Crippen molar-refractivity contribution < 1.29 is 14.4 Å². The van der Waals surface area contributed by atoms with Crippen LogP contribution in [0.4, 0.5) is 0 Å². The smallest absolute Gasteiger partial charge is 0.246 e. The third-order valence-corrected chi connectivity index (χ3v) is 7.22. The van der Waals surface area contributed by atoms with Crippen LogP contribution in [0.25, 0.3) is 0 Å². The third kappa shape index (κ3) is 4.47. The predicted molar refractivity (Wildman–Crippen MR) is 118 cm³/mol. The van der Waals surface area contributed by atoms with Gasteiger partial charge in [0.15, 0.2) is 0 Å². The highest BCUT2D eigenvalue weighted by Crippen LogP contribution is 2.34. The molecule has 7 nitrogen and oxygen atoms in total.